The second-order valence-electron chi connectivity index (χ2n) is 3.32. The summed E-state index contributed by atoms with van der Waals surface area (Å²) in [5.41, 5.74) is 2.23. The van der Waals surface area contributed by atoms with Gasteiger partial charge in [-0.2, -0.15) is 0 Å². The predicted molar refractivity (Wildman–Crippen MR) is 58.2 cm³/mol. The van der Waals surface area contributed by atoms with E-state index in [1.54, 1.807) is 6.33 Å². The molecule has 2 heterocycles. The van der Waals surface area contributed by atoms with E-state index in [9.17, 15) is 0 Å². The Hall–Kier alpha value is -1.68. The normalized spacial score (nSPS) is 10.4. The minimum Gasteiger partial charge on any atom is -0.348 e. The lowest BCUT2D eigenvalue weighted by Gasteiger charge is -2.02. The Balaban J connectivity index is 1.68. The van der Waals surface area contributed by atoms with Crippen molar-refractivity contribution in [3.05, 3.63) is 48.3 Å². The van der Waals surface area contributed by atoms with Gasteiger partial charge in [-0.15, -0.1) is 0 Å². The number of aromatic amines is 1. The lowest BCUT2D eigenvalue weighted by molar-refractivity contribution is 0.670. The van der Waals surface area contributed by atoms with Crippen molar-refractivity contribution in [2.24, 2.45) is 0 Å². The average molecular weight is 202 g/mol. The molecule has 2 N–H and O–H groups in total. The number of hydrogen-bond acceptors (Lipinski definition) is 3. The standard InChI is InChI=1S/C11H14N4/c1-2-5-14-10(3-1)7-12-6-4-11-8-13-9-15-11/h1-3,5,8-9,12H,4,6-7H2,(H,13,15). The quantitative estimate of drug-likeness (QED) is 0.715. The van der Waals surface area contributed by atoms with Gasteiger partial charge in [-0.05, 0) is 12.1 Å². The Morgan fingerprint density at radius 1 is 1.33 bits per heavy atom. The second-order valence-corrected chi connectivity index (χ2v) is 3.32. The summed E-state index contributed by atoms with van der Waals surface area (Å²) in [6, 6.07) is 5.94. The molecule has 0 aromatic carbocycles. The zero-order valence-corrected chi connectivity index (χ0v) is 8.48. The van der Waals surface area contributed by atoms with Crippen LogP contribution >= 0.6 is 0 Å². The van der Waals surface area contributed by atoms with Gasteiger partial charge in [0.1, 0.15) is 0 Å². The van der Waals surface area contributed by atoms with E-state index in [1.165, 1.54) is 0 Å². The van der Waals surface area contributed by atoms with Gasteiger partial charge in [0.2, 0.25) is 0 Å². The summed E-state index contributed by atoms with van der Waals surface area (Å²) in [5.74, 6) is 0. The van der Waals surface area contributed by atoms with Gasteiger partial charge in [0, 0.05) is 37.6 Å². The van der Waals surface area contributed by atoms with E-state index in [2.05, 4.69) is 20.3 Å². The molecular weight excluding hydrogens is 188 g/mol. The fourth-order valence-electron chi connectivity index (χ4n) is 1.36. The first-order valence-electron chi connectivity index (χ1n) is 5.03. The summed E-state index contributed by atoms with van der Waals surface area (Å²) < 4.78 is 0. The Bertz CT molecular complexity index is 369. The zero-order chi connectivity index (χ0) is 10.3. The molecular formula is C11H14N4. The number of H-pyrrole nitrogens is 1. The highest BCUT2D eigenvalue weighted by molar-refractivity contribution is 5.03. The van der Waals surface area contributed by atoms with E-state index in [4.69, 9.17) is 0 Å². The molecule has 15 heavy (non-hydrogen) atoms. The molecule has 4 nitrogen and oxygen atoms in total. The van der Waals surface area contributed by atoms with Crippen LogP contribution in [-0.2, 0) is 13.0 Å². The van der Waals surface area contributed by atoms with Crippen LogP contribution in [0.1, 0.15) is 11.4 Å². The van der Waals surface area contributed by atoms with Crippen LogP contribution < -0.4 is 5.32 Å². The molecule has 2 rings (SSSR count). The summed E-state index contributed by atoms with van der Waals surface area (Å²) in [5, 5.41) is 3.33. The molecule has 0 saturated carbocycles. The van der Waals surface area contributed by atoms with E-state index in [0.717, 1.165) is 30.9 Å². The number of hydrogen-bond donors (Lipinski definition) is 2. The number of rotatable bonds is 5. The molecule has 2 aromatic rings. The Morgan fingerprint density at radius 3 is 3.07 bits per heavy atom. The lowest BCUT2D eigenvalue weighted by atomic mass is 10.3. The number of nitrogens with zero attached hydrogens (tertiary/aromatic N) is 2. The highest BCUT2D eigenvalue weighted by Gasteiger charge is 1.94. The van der Waals surface area contributed by atoms with E-state index in [-0.39, 0.29) is 0 Å². The lowest BCUT2D eigenvalue weighted by Crippen LogP contribution is -2.17. The highest BCUT2D eigenvalue weighted by Crippen LogP contribution is 1.93. The van der Waals surface area contributed by atoms with Crippen molar-refractivity contribution in [3.63, 3.8) is 0 Å². The molecule has 78 valence electrons. The van der Waals surface area contributed by atoms with Crippen molar-refractivity contribution >= 4 is 0 Å². The van der Waals surface area contributed by atoms with Crippen LogP contribution in [0.4, 0.5) is 0 Å². The Kier molecular flexibility index (Phi) is 3.46. The maximum absolute atomic E-state index is 4.23. The smallest absolute Gasteiger partial charge is 0.0921 e. The minimum absolute atomic E-state index is 0.814. The second kappa shape index (κ2) is 5.26. The third-order valence-electron chi connectivity index (χ3n) is 2.16. The average Bonchev–Trinajstić information content (AvgIpc) is 2.79. The van der Waals surface area contributed by atoms with Crippen LogP contribution in [0.25, 0.3) is 0 Å². The third kappa shape index (κ3) is 3.18. The van der Waals surface area contributed by atoms with Gasteiger partial charge >= 0.3 is 0 Å². The Labute approximate surface area is 88.8 Å². The molecule has 0 bridgehead atoms. The van der Waals surface area contributed by atoms with Gasteiger partial charge in [-0.3, -0.25) is 4.98 Å². The van der Waals surface area contributed by atoms with Crippen LogP contribution in [0.5, 0.6) is 0 Å². The predicted octanol–water partition coefficient (Wildman–Crippen LogP) is 1.14. The van der Waals surface area contributed by atoms with Crippen molar-refractivity contribution in [1.29, 1.82) is 0 Å². The molecule has 0 amide bonds. The summed E-state index contributed by atoms with van der Waals surface area (Å²) in [7, 11) is 0. The number of pyridine rings is 1. The molecule has 0 atom stereocenters. The van der Waals surface area contributed by atoms with Crippen LogP contribution in [0.3, 0.4) is 0 Å². The SMILES string of the molecule is c1ccc(CNCCc2cnc[nH]2)nc1. The molecule has 0 fully saturated rings. The largest absolute Gasteiger partial charge is 0.348 e. The molecule has 4 heteroatoms. The van der Waals surface area contributed by atoms with Gasteiger partial charge < -0.3 is 10.3 Å². The summed E-state index contributed by atoms with van der Waals surface area (Å²) >= 11 is 0. The van der Waals surface area contributed by atoms with Crippen molar-refractivity contribution in [3.8, 4) is 0 Å². The zero-order valence-electron chi connectivity index (χ0n) is 8.48. The Morgan fingerprint density at radius 2 is 2.33 bits per heavy atom. The van der Waals surface area contributed by atoms with E-state index in [0.29, 0.717) is 0 Å². The first kappa shape index (κ1) is 9.86. The van der Waals surface area contributed by atoms with Crippen LogP contribution in [0, 0.1) is 0 Å². The maximum atomic E-state index is 4.23. The molecule has 0 saturated heterocycles. The number of aromatic nitrogens is 3. The summed E-state index contributed by atoms with van der Waals surface area (Å²) in [6.07, 6.45) is 6.33. The molecule has 0 aliphatic heterocycles. The van der Waals surface area contributed by atoms with E-state index in [1.807, 2.05) is 30.6 Å². The molecule has 2 aromatic heterocycles. The van der Waals surface area contributed by atoms with Crippen molar-refractivity contribution in [2.75, 3.05) is 6.54 Å². The molecule has 0 radical (unpaired) electrons. The number of nitrogens with one attached hydrogen (secondary N) is 2. The van der Waals surface area contributed by atoms with Gasteiger partial charge in [-0.25, -0.2) is 4.98 Å². The van der Waals surface area contributed by atoms with Gasteiger partial charge in [0.25, 0.3) is 0 Å². The van der Waals surface area contributed by atoms with Crippen LogP contribution in [0.15, 0.2) is 36.9 Å². The molecule has 0 spiro atoms. The topological polar surface area (TPSA) is 53.6 Å². The fraction of sp³-hybridized carbons (Fsp3) is 0.273. The minimum atomic E-state index is 0.814. The fourth-order valence-corrected chi connectivity index (χ4v) is 1.36. The first-order valence-corrected chi connectivity index (χ1v) is 5.03. The van der Waals surface area contributed by atoms with Crippen LogP contribution in [-0.4, -0.2) is 21.5 Å². The highest BCUT2D eigenvalue weighted by atomic mass is 14.9. The van der Waals surface area contributed by atoms with Crippen LogP contribution in [0.2, 0.25) is 0 Å². The van der Waals surface area contributed by atoms with Crippen molar-refractivity contribution in [2.45, 2.75) is 13.0 Å². The van der Waals surface area contributed by atoms with E-state index >= 15 is 0 Å². The summed E-state index contributed by atoms with van der Waals surface area (Å²) in [6.45, 7) is 1.74. The van der Waals surface area contributed by atoms with Gasteiger partial charge in [0.15, 0.2) is 0 Å². The van der Waals surface area contributed by atoms with Crippen molar-refractivity contribution in [1.82, 2.24) is 20.3 Å². The number of imidazole rings is 1. The molecule has 0 aliphatic carbocycles. The monoisotopic (exact) mass is 202 g/mol. The summed E-state index contributed by atoms with van der Waals surface area (Å²) in [4.78, 5) is 11.3. The third-order valence-corrected chi connectivity index (χ3v) is 2.16. The molecule has 0 unspecified atom stereocenters. The van der Waals surface area contributed by atoms with Gasteiger partial charge in [-0.1, -0.05) is 6.07 Å². The molecule has 0 aliphatic rings. The first-order chi connectivity index (χ1) is 7.45. The maximum Gasteiger partial charge on any atom is 0.0921 e. The van der Waals surface area contributed by atoms with E-state index < -0.39 is 0 Å². The van der Waals surface area contributed by atoms with Gasteiger partial charge in [0.05, 0.1) is 12.0 Å². The van der Waals surface area contributed by atoms with Crippen molar-refractivity contribution < 1.29 is 0 Å².